The monoisotopic (exact) mass is 254 g/mol. The van der Waals surface area contributed by atoms with Gasteiger partial charge in [-0.15, -0.1) is 0 Å². The van der Waals surface area contributed by atoms with Crippen LogP contribution in [0.4, 0.5) is 0 Å². The molecule has 1 aromatic heterocycles. The Labute approximate surface area is 102 Å². The van der Waals surface area contributed by atoms with Crippen LogP contribution < -0.4 is 5.32 Å². The highest BCUT2D eigenvalue weighted by Gasteiger charge is 2.21. The topological polar surface area (TPSA) is 44.9 Å². The second-order valence-electron chi connectivity index (χ2n) is 3.80. The number of halogens is 2. The van der Waals surface area contributed by atoms with Gasteiger partial charge in [-0.2, -0.15) is 0 Å². The Morgan fingerprint density at radius 3 is 2.75 bits per heavy atom. The van der Waals surface area contributed by atoms with Crippen LogP contribution in [0, 0.1) is 0 Å². The molecule has 1 aliphatic rings. The van der Waals surface area contributed by atoms with Crippen LogP contribution in [0.3, 0.4) is 0 Å². The first-order valence-electron chi connectivity index (χ1n) is 4.94. The third-order valence-electron chi connectivity index (χ3n) is 2.83. The summed E-state index contributed by atoms with van der Waals surface area (Å²) in [6.45, 7) is 0.666. The van der Waals surface area contributed by atoms with Crippen molar-refractivity contribution in [3.8, 4) is 0 Å². The van der Waals surface area contributed by atoms with Crippen molar-refractivity contribution in [3.63, 3.8) is 0 Å². The molecular formula is C11H8Cl2N2O. The molecule has 0 radical (unpaired) electrons. The molecule has 1 aliphatic heterocycles. The van der Waals surface area contributed by atoms with E-state index in [1.807, 2.05) is 6.07 Å². The minimum Gasteiger partial charge on any atom is -0.350 e. The molecule has 0 spiro atoms. The first-order chi connectivity index (χ1) is 7.66. The Kier molecular flexibility index (Phi) is 2.13. The number of hydrogen-bond donors (Lipinski definition) is 2. The van der Waals surface area contributed by atoms with Gasteiger partial charge in [0.25, 0.3) is 5.91 Å². The summed E-state index contributed by atoms with van der Waals surface area (Å²) < 4.78 is 0. The molecule has 0 fully saturated rings. The molecule has 82 valence electrons. The lowest BCUT2D eigenvalue weighted by Crippen LogP contribution is -2.31. The quantitative estimate of drug-likeness (QED) is 0.746. The van der Waals surface area contributed by atoms with Crippen molar-refractivity contribution in [2.75, 3.05) is 6.54 Å². The first-order valence-corrected chi connectivity index (χ1v) is 5.70. The number of amides is 1. The first kappa shape index (κ1) is 10.00. The lowest BCUT2D eigenvalue weighted by atomic mass is 10.0. The molecule has 1 aromatic carbocycles. The number of rotatable bonds is 0. The van der Waals surface area contributed by atoms with Gasteiger partial charge in [0.1, 0.15) is 5.69 Å². The third-order valence-corrected chi connectivity index (χ3v) is 3.56. The normalized spacial score (nSPS) is 15.0. The van der Waals surface area contributed by atoms with Crippen molar-refractivity contribution < 1.29 is 4.79 Å². The van der Waals surface area contributed by atoms with Gasteiger partial charge < -0.3 is 10.3 Å². The zero-order chi connectivity index (χ0) is 11.3. The maximum Gasteiger partial charge on any atom is 0.268 e. The van der Waals surface area contributed by atoms with E-state index in [0.29, 0.717) is 22.3 Å². The Balaban J connectivity index is 2.36. The van der Waals surface area contributed by atoms with E-state index in [-0.39, 0.29) is 5.91 Å². The summed E-state index contributed by atoms with van der Waals surface area (Å²) in [6, 6.07) is 3.57. The highest BCUT2D eigenvalue weighted by molar-refractivity contribution is 6.42. The van der Waals surface area contributed by atoms with Crippen molar-refractivity contribution in [1.82, 2.24) is 10.3 Å². The average Bonchev–Trinajstić information content (AvgIpc) is 2.59. The molecule has 1 amide bonds. The molecule has 0 bridgehead atoms. The smallest absolute Gasteiger partial charge is 0.268 e. The minimum absolute atomic E-state index is 0.0651. The number of aromatic nitrogens is 1. The van der Waals surface area contributed by atoms with Crippen molar-refractivity contribution in [2.24, 2.45) is 0 Å². The van der Waals surface area contributed by atoms with Crippen molar-refractivity contribution >= 4 is 40.0 Å². The van der Waals surface area contributed by atoms with Gasteiger partial charge in [0.05, 0.1) is 10.0 Å². The van der Waals surface area contributed by atoms with Crippen LogP contribution in [0.2, 0.25) is 10.0 Å². The summed E-state index contributed by atoms with van der Waals surface area (Å²) in [5.74, 6) is -0.0651. The second kappa shape index (κ2) is 3.40. The predicted molar refractivity (Wildman–Crippen MR) is 64.4 cm³/mol. The minimum atomic E-state index is -0.0651. The Morgan fingerprint density at radius 1 is 1.19 bits per heavy atom. The molecule has 3 rings (SSSR count). The van der Waals surface area contributed by atoms with Gasteiger partial charge in [0, 0.05) is 17.4 Å². The highest BCUT2D eigenvalue weighted by Crippen LogP contribution is 2.32. The van der Waals surface area contributed by atoms with Gasteiger partial charge >= 0.3 is 0 Å². The van der Waals surface area contributed by atoms with E-state index in [1.165, 1.54) is 0 Å². The van der Waals surface area contributed by atoms with Gasteiger partial charge in [-0.3, -0.25) is 4.79 Å². The molecule has 0 aliphatic carbocycles. The van der Waals surface area contributed by atoms with Crippen molar-refractivity contribution in [1.29, 1.82) is 0 Å². The molecule has 0 saturated heterocycles. The standard InChI is InChI=1S/C11H8Cl2N2O/c12-7-3-6-5-1-2-14-11(16)10(5)15-9(6)4-8(7)13/h3-4,15H,1-2H2,(H,14,16). The van der Waals surface area contributed by atoms with E-state index in [4.69, 9.17) is 23.2 Å². The maximum atomic E-state index is 11.6. The number of H-pyrrole nitrogens is 1. The molecule has 2 N–H and O–H groups in total. The molecule has 2 aromatic rings. The summed E-state index contributed by atoms with van der Waals surface area (Å²) in [5.41, 5.74) is 2.51. The van der Waals surface area contributed by atoms with E-state index in [0.717, 1.165) is 22.9 Å². The van der Waals surface area contributed by atoms with Crippen LogP contribution in [-0.2, 0) is 6.42 Å². The van der Waals surface area contributed by atoms with Crippen LogP contribution in [0.25, 0.3) is 10.9 Å². The molecule has 2 heterocycles. The van der Waals surface area contributed by atoms with Gasteiger partial charge in [-0.05, 0) is 24.1 Å². The Hall–Kier alpha value is -1.19. The SMILES string of the molecule is O=C1NCCc2c1[nH]c1cc(Cl)c(Cl)cc21. The van der Waals surface area contributed by atoms with Gasteiger partial charge in [0.2, 0.25) is 0 Å². The van der Waals surface area contributed by atoms with Crippen LogP contribution in [0.15, 0.2) is 12.1 Å². The van der Waals surface area contributed by atoms with Crippen LogP contribution in [0.1, 0.15) is 16.1 Å². The fourth-order valence-corrected chi connectivity index (χ4v) is 2.41. The summed E-state index contributed by atoms with van der Waals surface area (Å²) in [7, 11) is 0. The second-order valence-corrected chi connectivity index (χ2v) is 4.61. The van der Waals surface area contributed by atoms with Crippen molar-refractivity contribution in [3.05, 3.63) is 33.4 Å². The zero-order valence-corrected chi connectivity index (χ0v) is 9.74. The molecule has 3 nitrogen and oxygen atoms in total. The van der Waals surface area contributed by atoms with E-state index >= 15 is 0 Å². The number of nitrogens with one attached hydrogen (secondary N) is 2. The summed E-state index contributed by atoms with van der Waals surface area (Å²) in [4.78, 5) is 14.7. The van der Waals surface area contributed by atoms with Gasteiger partial charge in [-0.25, -0.2) is 0 Å². The Bertz CT molecular complexity index is 604. The molecule has 0 atom stereocenters. The summed E-state index contributed by atoms with van der Waals surface area (Å²) in [5, 5.41) is 4.79. The fraction of sp³-hybridized carbons (Fsp3) is 0.182. The molecular weight excluding hydrogens is 247 g/mol. The predicted octanol–water partition coefficient (Wildman–Crippen LogP) is 2.76. The lowest BCUT2D eigenvalue weighted by molar-refractivity contribution is 0.0942. The van der Waals surface area contributed by atoms with Crippen LogP contribution >= 0.6 is 23.2 Å². The number of fused-ring (bicyclic) bond motifs is 3. The fourth-order valence-electron chi connectivity index (χ4n) is 2.09. The van der Waals surface area contributed by atoms with Gasteiger partial charge in [-0.1, -0.05) is 23.2 Å². The lowest BCUT2D eigenvalue weighted by Gasteiger charge is -2.11. The molecule has 5 heteroatoms. The number of carbonyl (C=O) groups excluding carboxylic acids is 1. The van der Waals surface area contributed by atoms with E-state index in [1.54, 1.807) is 6.07 Å². The van der Waals surface area contributed by atoms with E-state index in [9.17, 15) is 4.79 Å². The highest BCUT2D eigenvalue weighted by atomic mass is 35.5. The summed E-state index contributed by atoms with van der Waals surface area (Å²) >= 11 is 11.9. The van der Waals surface area contributed by atoms with Crippen LogP contribution in [0.5, 0.6) is 0 Å². The molecule has 0 saturated carbocycles. The number of hydrogen-bond acceptors (Lipinski definition) is 1. The zero-order valence-electron chi connectivity index (χ0n) is 8.23. The maximum absolute atomic E-state index is 11.6. The number of carbonyl (C=O) groups is 1. The Morgan fingerprint density at radius 2 is 1.94 bits per heavy atom. The van der Waals surface area contributed by atoms with Crippen molar-refractivity contribution in [2.45, 2.75) is 6.42 Å². The summed E-state index contributed by atoms with van der Waals surface area (Å²) in [6.07, 6.45) is 0.818. The number of aromatic amines is 1. The molecule has 0 unspecified atom stereocenters. The number of benzene rings is 1. The van der Waals surface area contributed by atoms with Gasteiger partial charge in [0.15, 0.2) is 0 Å². The van der Waals surface area contributed by atoms with E-state index in [2.05, 4.69) is 10.3 Å². The van der Waals surface area contributed by atoms with E-state index < -0.39 is 0 Å². The average molecular weight is 255 g/mol. The largest absolute Gasteiger partial charge is 0.350 e. The molecule has 16 heavy (non-hydrogen) atoms. The van der Waals surface area contributed by atoms with Crippen LogP contribution in [-0.4, -0.2) is 17.4 Å². The third kappa shape index (κ3) is 1.32.